The van der Waals surface area contributed by atoms with E-state index >= 15 is 0 Å². The number of nitrogens with zero attached hydrogens (tertiary/aromatic N) is 1. The highest BCUT2D eigenvalue weighted by molar-refractivity contribution is 7.99. The highest BCUT2D eigenvalue weighted by Gasteiger charge is 2.17. The molecule has 0 amide bonds. The molecule has 0 aliphatic heterocycles. The fraction of sp³-hybridized carbons (Fsp3) is 0.421. The van der Waals surface area contributed by atoms with Gasteiger partial charge in [-0.2, -0.15) is 0 Å². The standard InChI is InChI=1S/C19H23NOS/c1-14-12-18(22-16-10-6-3-7-11-16)20-13-17(14)19(21)15-8-4-2-5-9-15/h2,4-5,8-9,12-13,16,19,21H,3,6-7,10-11H2,1H3/t19-/m1/s1. The smallest absolute Gasteiger partial charge is 0.106 e. The van der Waals surface area contributed by atoms with E-state index in [4.69, 9.17) is 0 Å². The number of thioether (sulfide) groups is 1. The van der Waals surface area contributed by atoms with Crippen LogP contribution in [0, 0.1) is 6.92 Å². The molecule has 3 heteroatoms. The minimum Gasteiger partial charge on any atom is -0.384 e. The van der Waals surface area contributed by atoms with Crippen molar-refractivity contribution in [3.63, 3.8) is 0 Å². The lowest BCUT2D eigenvalue weighted by Crippen LogP contribution is -2.08. The molecule has 3 rings (SSSR count). The molecule has 116 valence electrons. The van der Waals surface area contributed by atoms with Crippen LogP contribution >= 0.6 is 11.8 Å². The van der Waals surface area contributed by atoms with E-state index in [1.807, 2.05) is 48.3 Å². The number of hydrogen-bond donors (Lipinski definition) is 1. The zero-order valence-corrected chi connectivity index (χ0v) is 13.9. The molecular weight excluding hydrogens is 290 g/mol. The fourth-order valence-corrected chi connectivity index (χ4v) is 4.33. The minimum absolute atomic E-state index is 0.595. The Bertz CT molecular complexity index is 608. The van der Waals surface area contributed by atoms with Gasteiger partial charge >= 0.3 is 0 Å². The Hall–Kier alpha value is -1.32. The summed E-state index contributed by atoms with van der Waals surface area (Å²) in [5.41, 5.74) is 2.93. The molecule has 22 heavy (non-hydrogen) atoms. The molecule has 0 bridgehead atoms. The van der Waals surface area contributed by atoms with Gasteiger partial charge in [0.15, 0.2) is 0 Å². The summed E-state index contributed by atoms with van der Waals surface area (Å²) in [6, 6.07) is 11.9. The molecule has 0 radical (unpaired) electrons. The molecule has 1 N–H and O–H groups in total. The lowest BCUT2D eigenvalue weighted by atomic mass is 10.00. The SMILES string of the molecule is Cc1cc(SC2CCCCC2)ncc1[C@H](O)c1ccccc1. The van der Waals surface area contributed by atoms with Crippen molar-refractivity contribution in [2.24, 2.45) is 0 Å². The van der Waals surface area contributed by atoms with Gasteiger partial charge in [-0.15, -0.1) is 11.8 Å². The van der Waals surface area contributed by atoms with Crippen molar-refractivity contribution in [1.82, 2.24) is 4.98 Å². The monoisotopic (exact) mass is 313 g/mol. The van der Waals surface area contributed by atoms with Gasteiger partial charge in [0.2, 0.25) is 0 Å². The molecule has 1 atom stereocenters. The average molecular weight is 313 g/mol. The van der Waals surface area contributed by atoms with E-state index in [1.165, 1.54) is 32.1 Å². The molecule has 0 saturated heterocycles. The first-order chi connectivity index (χ1) is 10.7. The summed E-state index contributed by atoms with van der Waals surface area (Å²) in [6.45, 7) is 2.06. The third-order valence-corrected chi connectivity index (χ3v) is 5.65. The second kappa shape index (κ2) is 7.30. The van der Waals surface area contributed by atoms with Crippen LogP contribution < -0.4 is 0 Å². The van der Waals surface area contributed by atoms with Crippen molar-refractivity contribution in [3.8, 4) is 0 Å². The molecule has 0 unspecified atom stereocenters. The van der Waals surface area contributed by atoms with Gasteiger partial charge in [0.25, 0.3) is 0 Å². The van der Waals surface area contributed by atoms with Crippen LogP contribution in [0.1, 0.15) is 54.9 Å². The summed E-state index contributed by atoms with van der Waals surface area (Å²) in [7, 11) is 0. The molecule has 1 aliphatic carbocycles. The third kappa shape index (κ3) is 3.71. The summed E-state index contributed by atoms with van der Waals surface area (Å²) < 4.78 is 0. The summed E-state index contributed by atoms with van der Waals surface area (Å²) in [4.78, 5) is 4.58. The van der Waals surface area contributed by atoms with Gasteiger partial charge in [-0.05, 0) is 37.0 Å². The topological polar surface area (TPSA) is 33.1 Å². The van der Waals surface area contributed by atoms with Crippen molar-refractivity contribution in [3.05, 3.63) is 59.3 Å². The number of aliphatic hydroxyl groups is 1. The number of rotatable bonds is 4. The molecule has 2 nitrogen and oxygen atoms in total. The van der Waals surface area contributed by atoms with Crippen molar-refractivity contribution < 1.29 is 5.11 Å². The van der Waals surface area contributed by atoms with E-state index in [9.17, 15) is 5.11 Å². The Kier molecular flexibility index (Phi) is 5.16. The van der Waals surface area contributed by atoms with Crippen LogP contribution in [-0.2, 0) is 0 Å². The maximum absolute atomic E-state index is 10.5. The second-order valence-corrected chi connectivity index (χ2v) is 7.39. The molecule has 1 aromatic carbocycles. The first-order valence-electron chi connectivity index (χ1n) is 8.10. The number of aliphatic hydroxyl groups excluding tert-OH is 1. The third-order valence-electron chi connectivity index (χ3n) is 4.38. The van der Waals surface area contributed by atoms with Gasteiger partial charge in [0.1, 0.15) is 6.10 Å². The van der Waals surface area contributed by atoms with Gasteiger partial charge < -0.3 is 5.11 Å². The first-order valence-corrected chi connectivity index (χ1v) is 8.98. The molecule has 1 aromatic heterocycles. The van der Waals surface area contributed by atoms with Gasteiger partial charge in [-0.1, -0.05) is 49.6 Å². The van der Waals surface area contributed by atoms with E-state index in [0.29, 0.717) is 5.25 Å². The van der Waals surface area contributed by atoms with E-state index in [0.717, 1.165) is 21.7 Å². The minimum atomic E-state index is -0.595. The largest absolute Gasteiger partial charge is 0.384 e. The normalized spacial score (nSPS) is 17.4. The Morgan fingerprint density at radius 3 is 2.55 bits per heavy atom. The molecule has 0 spiro atoms. The average Bonchev–Trinajstić information content (AvgIpc) is 2.56. The summed E-state index contributed by atoms with van der Waals surface area (Å²) in [6.07, 6.45) is 7.94. The van der Waals surface area contributed by atoms with Gasteiger partial charge in [0, 0.05) is 17.0 Å². The summed E-state index contributed by atoms with van der Waals surface area (Å²) in [5, 5.41) is 12.3. The molecule has 1 saturated carbocycles. The van der Waals surface area contributed by atoms with Crippen molar-refractivity contribution in [2.45, 2.75) is 55.4 Å². The highest BCUT2D eigenvalue weighted by Crippen LogP contribution is 2.34. The maximum atomic E-state index is 10.5. The number of hydrogen-bond acceptors (Lipinski definition) is 3. The number of aromatic nitrogens is 1. The molecule has 1 aliphatic rings. The second-order valence-electron chi connectivity index (χ2n) is 6.07. The number of pyridine rings is 1. The van der Waals surface area contributed by atoms with Crippen molar-refractivity contribution in [1.29, 1.82) is 0 Å². The first kappa shape index (κ1) is 15.6. The zero-order valence-electron chi connectivity index (χ0n) is 13.0. The van der Waals surface area contributed by atoms with Crippen molar-refractivity contribution in [2.75, 3.05) is 0 Å². The van der Waals surface area contributed by atoms with E-state index in [2.05, 4.69) is 18.0 Å². The predicted molar refractivity (Wildman–Crippen MR) is 92.2 cm³/mol. The van der Waals surface area contributed by atoms with E-state index in [-0.39, 0.29) is 0 Å². The zero-order chi connectivity index (χ0) is 15.4. The van der Waals surface area contributed by atoms with Crippen LogP contribution in [0.15, 0.2) is 47.6 Å². The van der Waals surface area contributed by atoms with Crippen LogP contribution in [0.5, 0.6) is 0 Å². The summed E-state index contributed by atoms with van der Waals surface area (Å²) in [5.74, 6) is 0. The lowest BCUT2D eigenvalue weighted by Gasteiger charge is -2.21. The molecular formula is C19H23NOS. The van der Waals surface area contributed by atoms with Gasteiger partial charge in [-0.3, -0.25) is 0 Å². The summed E-state index contributed by atoms with van der Waals surface area (Å²) >= 11 is 1.90. The van der Waals surface area contributed by atoms with Crippen LogP contribution in [-0.4, -0.2) is 15.3 Å². The molecule has 1 heterocycles. The van der Waals surface area contributed by atoms with Crippen molar-refractivity contribution >= 4 is 11.8 Å². The maximum Gasteiger partial charge on any atom is 0.106 e. The van der Waals surface area contributed by atoms with Gasteiger partial charge in [0.05, 0.1) is 5.03 Å². The van der Waals surface area contributed by atoms with E-state index in [1.54, 1.807) is 0 Å². The van der Waals surface area contributed by atoms with Crippen LogP contribution in [0.2, 0.25) is 0 Å². The number of aryl methyl sites for hydroxylation is 1. The van der Waals surface area contributed by atoms with Crippen LogP contribution in [0.3, 0.4) is 0 Å². The molecule has 2 aromatic rings. The van der Waals surface area contributed by atoms with Crippen LogP contribution in [0.4, 0.5) is 0 Å². The molecule has 1 fully saturated rings. The quantitative estimate of drug-likeness (QED) is 0.872. The predicted octanol–water partition coefficient (Wildman–Crippen LogP) is 4.90. The van der Waals surface area contributed by atoms with E-state index < -0.39 is 6.10 Å². The Labute approximate surface area is 137 Å². The highest BCUT2D eigenvalue weighted by atomic mass is 32.2. The van der Waals surface area contributed by atoms with Gasteiger partial charge in [-0.25, -0.2) is 4.98 Å². The van der Waals surface area contributed by atoms with Crippen LogP contribution in [0.25, 0.3) is 0 Å². The lowest BCUT2D eigenvalue weighted by molar-refractivity contribution is 0.219. The number of benzene rings is 1. The Balaban J connectivity index is 1.74. The fourth-order valence-electron chi connectivity index (χ4n) is 3.06. The Morgan fingerprint density at radius 2 is 1.86 bits per heavy atom. The Morgan fingerprint density at radius 1 is 1.14 bits per heavy atom.